The SMILES string of the molecule is Fc1ccc[c-]n1.[Br-].[Mg+2]. The molecule has 0 saturated heterocycles. The van der Waals surface area contributed by atoms with E-state index in [1.54, 1.807) is 12.1 Å². The zero-order chi connectivity index (χ0) is 5.11. The molecular weight excluding hydrogens is 197 g/mol. The summed E-state index contributed by atoms with van der Waals surface area (Å²) in [4.78, 5) is 3.19. The predicted molar refractivity (Wildman–Crippen MR) is 28.8 cm³/mol. The molecule has 0 spiro atoms. The van der Waals surface area contributed by atoms with Crippen molar-refractivity contribution in [1.29, 1.82) is 0 Å². The quantitative estimate of drug-likeness (QED) is 0.259. The predicted octanol–water partition coefficient (Wildman–Crippen LogP) is -2.36. The molecule has 0 atom stereocenters. The first kappa shape index (κ1) is 12.0. The second-order valence-electron chi connectivity index (χ2n) is 1.09. The second-order valence-corrected chi connectivity index (χ2v) is 1.09. The van der Waals surface area contributed by atoms with Crippen LogP contribution in [0.3, 0.4) is 0 Å². The Labute approximate surface area is 79.6 Å². The zero-order valence-electron chi connectivity index (χ0n) is 4.64. The molecule has 9 heavy (non-hydrogen) atoms. The van der Waals surface area contributed by atoms with Crippen LogP contribution in [0, 0.1) is 12.1 Å². The van der Waals surface area contributed by atoms with Gasteiger partial charge in [-0.05, 0) is 0 Å². The number of hydrogen-bond acceptors (Lipinski definition) is 1. The Morgan fingerprint density at radius 1 is 1.56 bits per heavy atom. The molecule has 1 heterocycles. The van der Waals surface area contributed by atoms with Crippen molar-refractivity contribution in [2.45, 2.75) is 0 Å². The van der Waals surface area contributed by atoms with Crippen LogP contribution in [0.25, 0.3) is 0 Å². The van der Waals surface area contributed by atoms with E-state index >= 15 is 0 Å². The summed E-state index contributed by atoms with van der Waals surface area (Å²) >= 11 is 0. The van der Waals surface area contributed by atoms with Gasteiger partial charge in [0.25, 0.3) is 0 Å². The Bertz CT molecular complexity index is 147. The molecule has 4 heteroatoms. The fourth-order valence-electron chi connectivity index (χ4n) is 0.307. The zero-order valence-corrected chi connectivity index (χ0v) is 7.64. The summed E-state index contributed by atoms with van der Waals surface area (Å²) in [6.07, 6.45) is 2.34. The van der Waals surface area contributed by atoms with E-state index in [4.69, 9.17) is 0 Å². The van der Waals surface area contributed by atoms with Crippen molar-refractivity contribution in [3.63, 3.8) is 0 Å². The molecule has 0 fully saturated rings. The normalized spacial score (nSPS) is 6.78. The van der Waals surface area contributed by atoms with Crippen LogP contribution in [0.4, 0.5) is 4.39 Å². The molecule has 0 bridgehead atoms. The third-order valence-corrected chi connectivity index (χ3v) is 0.576. The average molecular weight is 200 g/mol. The molecule has 0 radical (unpaired) electrons. The van der Waals surface area contributed by atoms with E-state index in [1.807, 2.05) is 0 Å². The molecule has 1 nitrogen and oxygen atoms in total. The van der Waals surface area contributed by atoms with Crippen LogP contribution in [0.2, 0.25) is 0 Å². The number of hydrogen-bond donors (Lipinski definition) is 0. The first-order valence-electron chi connectivity index (χ1n) is 1.88. The van der Waals surface area contributed by atoms with Crippen LogP contribution in [0.1, 0.15) is 0 Å². The van der Waals surface area contributed by atoms with E-state index in [0.29, 0.717) is 0 Å². The summed E-state index contributed by atoms with van der Waals surface area (Å²) in [5.74, 6) is -0.484. The van der Waals surface area contributed by atoms with Crippen molar-refractivity contribution in [2.24, 2.45) is 0 Å². The van der Waals surface area contributed by atoms with Gasteiger partial charge in [-0.3, -0.25) is 4.39 Å². The minimum atomic E-state index is -0.484. The summed E-state index contributed by atoms with van der Waals surface area (Å²) in [6.45, 7) is 0. The fraction of sp³-hybridized carbons (Fsp3) is 0. The van der Waals surface area contributed by atoms with Crippen LogP contribution in [0.15, 0.2) is 18.2 Å². The number of pyridine rings is 1. The second kappa shape index (κ2) is 6.45. The molecule has 1 aromatic rings. The minimum Gasteiger partial charge on any atom is -1.00 e. The summed E-state index contributed by atoms with van der Waals surface area (Å²) in [6, 6.07) is 4.36. The van der Waals surface area contributed by atoms with Crippen LogP contribution < -0.4 is 17.0 Å². The Hall–Kier alpha value is 0.326. The monoisotopic (exact) mass is 199 g/mol. The Morgan fingerprint density at radius 2 is 2.22 bits per heavy atom. The summed E-state index contributed by atoms with van der Waals surface area (Å²) < 4.78 is 11.8. The summed E-state index contributed by atoms with van der Waals surface area (Å²) in [5.41, 5.74) is 0. The van der Waals surface area contributed by atoms with E-state index in [2.05, 4.69) is 11.2 Å². The average Bonchev–Trinajstić information content (AvgIpc) is 1.69. The van der Waals surface area contributed by atoms with E-state index in [-0.39, 0.29) is 40.0 Å². The minimum absolute atomic E-state index is 0. The van der Waals surface area contributed by atoms with Crippen molar-refractivity contribution in [3.05, 3.63) is 30.3 Å². The maximum Gasteiger partial charge on any atom is 2.00 e. The van der Waals surface area contributed by atoms with Crippen molar-refractivity contribution in [1.82, 2.24) is 4.98 Å². The molecular formula is C5H3BrFMgN. The van der Waals surface area contributed by atoms with Crippen molar-refractivity contribution < 1.29 is 21.4 Å². The Balaban J connectivity index is 0. The van der Waals surface area contributed by atoms with Crippen molar-refractivity contribution >= 4 is 23.1 Å². The molecule has 0 unspecified atom stereocenters. The summed E-state index contributed by atoms with van der Waals surface area (Å²) in [5, 5.41) is 0. The van der Waals surface area contributed by atoms with Gasteiger partial charge < -0.3 is 22.0 Å². The maximum atomic E-state index is 11.8. The molecule has 0 aromatic carbocycles. The first-order chi connectivity index (χ1) is 3.39. The first-order valence-corrected chi connectivity index (χ1v) is 1.88. The molecule has 1 aromatic heterocycles. The smallest absolute Gasteiger partial charge is 1.00 e. The largest absolute Gasteiger partial charge is 2.00 e. The van der Waals surface area contributed by atoms with Gasteiger partial charge in [-0.15, -0.1) is 6.07 Å². The van der Waals surface area contributed by atoms with Gasteiger partial charge in [0.05, 0.1) is 5.95 Å². The van der Waals surface area contributed by atoms with Gasteiger partial charge in [-0.2, -0.15) is 12.1 Å². The summed E-state index contributed by atoms with van der Waals surface area (Å²) in [7, 11) is 0. The Kier molecular flexibility index (Phi) is 8.63. The third kappa shape index (κ3) is 4.81. The number of halogens is 2. The molecule has 0 N–H and O–H groups in total. The van der Waals surface area contributed by atoms with Gasteiger partial charge in [0.15, 0.2) is 0 Å². The van der Waals surface area contributed by atoms with E-state index in [9.17, 15) is 4.39 Å². The fourth-order valence-corrected chi connectivity index (χ4v) is 0.307. The van der Waals surface area contributed by atoms with Gasteiger partial charge in [0.2, 0.25) is 0 Å². The number of aromatic nitrogens is 1. The molecule has 1 rings (SSSR count). The van der Waals surface area contributed by atoms with Gasteiger partial charge >= 0.3 is 23.1 Å². The van der Waals surface area contributed by atoms with Crippen LogP contribution in [-0.2, 0) is 0 Å². The van der Waals surface area contributed by atoms with Crippen molar-refractivity contribution in [2.75, 3.05) is 0 Å². The molecule has 0 aliphatic rings. The van der Waals surface area contributed by atoms with Gasteiger partial charge in [0.1, 0.15) is 0 Å². The van der Waals surface area contributed by atoms with Crippen LogP contribution >= 0.6 is 0 Å². The molecule has 0 aliphatic heterocycles. The van der Waals surface area contributed by atoms with Gasteiger partial charge in [-0.25, -0.2) is 0 Å². The third-order valence-electron chi connectivity index (χ3n) is 0.576. The standard InChI is InChI=1S/C5H3FN.BrH.Mg/c6-5-3-1-2-4-7-5;;/h1-3H;1H;/q-1;;+2/p-1. The van der Waals surface area contributed by atoms with E-state index < -0.39 is 5.95 Å². The molecule has 0 aliphatic carbocycles. The molecule has 44 valence electrons. The number of rotatable bonds is 0. The molecule has 0 saturated carbocycles. The topological polar surface area (TPSA) is 12.9 Å². The maximum absolute atomic E-state index is 11.8. The van der Waals surface area contributed by atoms with E-state index in [0.717, 1.165) is 0 Å². The van der Waals surface area contributed by atoms with E-state index in [1.165, 1.54) is 6.07 Å². The van der Waals surface area contributed by atoms with Gasteiger partial charge in [0, 0.05) is 0 Å². The number of nitrogens with zero attached hydrogens (tertiary/aromatic N) is 1. The Morgan fingerprint density at radius 3 is 2.44 bits per heavy atom. The van der Waals surface area contributed by atoms with Gasteiger partial charge in [-0.1, -0.05) is 6.20 Å². The van der Waals surface area contributed by atoms with Crippen LogP contribution in [-0.4, -0.2) is 28.0 Å². The van der Waals surface area contributed by atoms with Crippen LogP contribution in [0.5, 0.6) is 0 Å². The van der Waals surface area contributed by atoms with Crippen molar-refractivity contribution in [3.8, 4) is 0 Å². The molecule has 0 amide bonds.